The molecule has 0 saturated heterocycles. The van der Waals surface area contributed by atoms with Crippen molar-refractivity contribution >= 4 is 46.3 Å². The molecule has 0 aliphatic heterocycles. The molecular weight excluding hydrogens is 506 g/mol. The monoisotopic (exact) mass is 529 g/mol. The number of Topliss-reactive ketones (excluding diaryl/α,β-unsaturated/α-hetero) is 1. The zero-order valence-electron chi connectivity index (χ0n) is 20.8. The molecule has 0 radical (unpaired) electrons. The summed E-state index contributed by atoms with van der Waals surface area (Å²) in [6.07, 6.45) is 2.87. The highest BCUT2D eigenvalue weighted by molar-refractivity contribution is 6.31. The van der Waals surface area contributed by atoms with E-state index < -0.39 is 17.7 Å². The maximum atomic E-state index is 12.5. The van der Waals surface area contributed by atoms with Gasteiger partial charge < -0.3 is 20.6 Å². The normalized spacial score (nSPS) is 14.5. The fourth-order valence-corrected chi connectivity index (χ4v) is 4.44. The maximum Gasteiger partial charge on any atom is 0.339 e. The molecule has 0 spiro atoms. The Labute approximate surface area is 224 Å². The third-order valence-electron chi connectivity index (χ3n) is 6.27. The fourth-order valence-electron chi connectivity index (χ4n) is 4.27. The van der Waals surface area contributed by atoms with Crippen molar-refractivity contribution in [2.75, 3.05) is 5.32 Å². The van der Waals surface area contributed by atoms with Crippen molar-refractivity contribution in [3.63, 3.8) is 0 Å². The summed E-state index contributed by atoms with van der Waals surface area (Å²) in [5.74, 6) is -3.61. The molecule has 192 valence electrons. The number of halogens is 1. The van der Waals surface area contributed by atoms with Gasteiger partial charge in [0.2, 0.25) is 0 Å². The number of rotatable bonds is 6. The molecule has 0 heterocycles. The lowest BCUT2D eigenvalue weighted by Crippen LogP contribution is -2.17. The van der Waals surface area contributed by atoms with E-state index in [1.54, 1.807) is 37.3 Å². The van der Waals surface area contributed by atoms with Crippen LogP contribution < -0.4 is 5.32 Å². The summed E-state index contributed by atoms with van der Waals surface area (Å²) in [5.41, 5.74) is 4.52. The number of allylic oxidation sites excluding steroid dienone is 4. The Bertz CT molecular complexity index is 1600. The van der Waals surface area contributed by atoms with Crippen LogP contribution in [0.25, 0.3) is 5.57 Å². The van der Waals surface area contributed by atoms with Crippen LogP contribution in [0, 0.1) is 13.8 Å². The van der Waals surface area contributed by atoms with Crippen LogP contribution in [0.15, 0.2) is 83.5 Å². The summed E-state index contributed by atoms with van der Waals surface area (Å²) in [6, 6.07) is 15.7. The highest BCUT2D eigenvalue weighted by Crippen LogP contribution is 2.36. The zero-order valence-corrected chi connectivity index (χ0v) is 21.6. The molecule has 7 nitrogen and oxygen atoms in total. The van der Waals surface area contributed by atoms with E-state index in [0.717, 1.165) is 16.9 Å². The van der Waals surface area contributed by atoms with Crippen LogP contribution in [0.2, 0.25) is 5.02 Å². The van der Waals surface area contributed by atoms with Crippen molar-refractivity contribution in [3.8, 4) is 5.75 Å². The number of phenols is 1. The van der Waals surface area contributed by atoms with E-state index in [4.69, 9.17) is 11.6 Å². The van der Waals surface area contributed by atoms with Gasteiger partial charge in [-0.1, -0.05) is 29.8 Å². The second-order valence-electron chi connectivity index (χ2n) is 9.01. The van der Waals surface area contributed by atoms with Crippen molar-refractivity contribution in [1.29, 1.82) is 0 Å². The van der Waals surface area contributed by atoms with Gasteiger partial charge >= 0.3 is 11.9 Å². The van der Waals surface area contributed by atoms with Crippen molar-refractivity contribution in [1.82, 2.24) is 0 Å². The number of nitrogens with one attached hydrogen (secondary N) is 1. The largest absolute Gasteiger partial charge is 0.507 e. The number of benzene rings is 3. The summed E-state index contributed by atoms with van der Waals surface area (Å²) >= 11 is 6.14. The third-order valence-corrected chi connectivity index (χ3v) is 6.50. The van der Waals surface area contributed by atoms with Crippen LogP contribution in [-0.4, -0.2) is 33.0 Å². The quantitative estimate of drug-likeness (QED) is 0.271. The predicted octanol–water partition coefficient (Wildman–Crippen LogP) is 6.45. The van der Waals surface area contributed by atoms with Crippen LogP contribution >= 0.6 is 11.6 Å². The number of carbonyl (C=O) groups is 3. The van der Waals surface area contributed by atoms with Gasteiger partial charge in [0.25, 0.3) is 0 Å². The van der Waals surface area contributed by atoms with Crippen LogP contribution in [0.5, 0.6) is 5.75 Å². The first-order valence-electron chi connectivity index (χ1n) is 11.6. The minimum Gasteiger partial charge on any atom is -0.507 e. The minimum atomic E-state index is -1.36. The highest BCUT2D eigenvalue weighted by Gasteiger charge is 2.25. The van der Waals surface area contributed by atoms with Gasteiger partial charge in [-0.05, 0) is 108 Å². The average molecular weight is 530 g/mol. The SMILES string of the molecule is CC1=CC(=C(c2ccc(Nc3cc(Cl)ccc3C)cc2)c2cc(C)c(O)c(C(=O)O)c2)C=C(C(=O)O)C1=O. The number of aromatic hydroxyl groups is 1. The molecule has 0 fully saturated rings. The van der Waals surface area contributed by atoms with Gasteiger partial charge in [-0.25, -0.2) is 9.59 Å². The number of aliphatic carboxylic acids is 1. The smallest absolute Gasteiger partial charge is 0.339 e. The van der Waals surface area contributed by atoms with Crippen molar-refractivity contribution in [2.24, 2.45) is 0 Å². The molecule has 0 atom stereocenters. The summed E-state index contributed by atoms with van der Waals surface area (Å²) < 4.78 is 0. The molecule has 0 aromatic heterocycles. The molecule has 4 rings (SSSR count). The lowest BCUT2D eigenvalue weighted by molar-refractivity contribution is -0.134. The Balaban J connectivity index is 1.91. The number of ketones is 1. The van der Waals surface area contributed by atoms with Gasteiger partial charge in [-0.2, -0.15) is 0 Å². The Kier molecular flexibility index (Phi) is 7.23. The first-order valence-corrected chi connectivity index (χ1v) is 12.0. The third kappa shape index (κ3) is 5.23. The van der Waals surface area contributed by atoms with Crippen molar-refractivity contribution < 1.29 is 29.7 Å². The van der Waals surface area contributed by atoms with E-state index in [-0.39, 0.29) is 22.5 Å². The average Bonchev–Trinajstić information content (AvgIpc) is 2.86. The lowest BCUT2D eigenvalue weighted by Gasteiger charge is -2.18. The number of anilines is 2. The van der Waals surface area contributed by atoms with Crippen molar-refractivity contribution in [2.45, 2.75) is 20.8 Å². The van der Waals surface area contributed by atoms with E-state index in [0.29, 0.717) is 32.9 Å². The summed E-state index contributed by atoms with van der Waals surface area (Å²) in [4.78, 5) is 36.1. The number of hydrogen-bond donors (Lipinski definition) is 4. The Morgan fingerprint density at radius 3 is 2.13 bits per heavy atom. The maximum absolute atomic E-state index is 12.5. The molecule has 0 amide bonds. The Morgan fingerprint density at radius 2 is 1.50 bits per heavy atom. The van der Waals surface area contributed by atoms with Gasteiger partial charge in [-0.15, -0.1) is 0 Å². The van der Waals surface area contributed by atoms with Crippen LogP contribution in [-0.2, 0) is 9.59 Å². The highest BCUT2D eigenvalue weighted by atomic mass is 35.5. The molecular formula is C30H24ClNO6. The predicted molar refractivity (Wildman–Crippen MR) is 146 cm³/mol. The summed E-state index contributed by atoms with van der Waals surface area (Å²) in [5, 5.41) is 33.5. The number of aromatic carboxylic acids is 1. The van der Waals surface area contributed by atoms with E-state index in [1.165, 1.54) is 19.1 Å². The number of carboxylic acids is 2. The molecule has 38 heavy (non-hydrogen) atoms. The molecule has 0 unspecified atom stereocenters. The number of carboxylic acid groups (broad SMARTS) is 2. The molecule has 4 N–H and O–H groups in total. The first kappa shape index (κ1) is 26.4. The van der Waals surface area contributed by atoms with E-state index in [9.17, 15) is 29.7 Å². The molecule has 1 aliphatic carbocycles. The molecule has 1 aliphatic rings. The number of hydrogen-bond acceptors (Lipinski definition) is 5. The van der Waals surface area contributed by atoms with Crippen molar-refractivity contribution in [3.05, 3.63) is 116 Å². The van der Waals surface area contributed by atoms with E-state index >= 15 is 0 Å². The van der Waals surface area contributed by atoms with Crippen LogP contribution in [0.1, 0.15) is 39.5 Å². The first-order chi connectivity index (χ1) is 18.0. The van der Waals surface area contributed by atoms with Crippen LogP contribution in [0.3, 0.4) is 0 Å². The Hall–Kier alpha value is -4.62. The van der Waals surface area contributed by atoms with Crippen LogP contribution in [0.4, 0.5) is 11.4 Å². The zero-order chi connectivity index (χ0) is 27.7. The van der Waals surface area contributed by atoms with E-state index in [1.807, 2.05) is 31.2 Å². The summed E-state index contributed by atoms with van der Waals surface area (Å²) in [7, 11) is 0. The number of carbonyl (C=O) groups excluding carboxylic acids is 1. The topological polar surface area (TPSA) is 124 Å². The van der Waals surface area contributed by atoms with Gasteiger partial charge in [0.1, 0.15) is 16.9 Å². The number of aryl methyl sites for hydroxylation is 2. The molecule has 8 heteroatoms. The lowest BCUT2D eigenvalue weighted by atomic mass is 9.85. The van der Waals surface area contributed by atoms with Gasteiger partial charge in [0.05, 0.1) is 0 Å². The van der Waals surface area contributed by atoms with Gasteiger partial charge in [-0.3, -0.25) is 4.79 Å². The molecule has 3 aromatic rings. The molecule has 3 aromatic carbocycles. The second kappa shape index (κ2) is 10.4. The second-order valence-corrected chi connectivity index (χ2v) is 9.44. The molecule has 0 saturated carbocycles. The fraction of sp³-hybridized carbons (Fsp3) is 0.100. The standard InChI is InChI=1S/C30H24ClNO6/c1-15-4-7-21(31)14-25(15)32-22-8-5-18(6-9-22)26(19-10-16(2)27(33)23(12-19)29(35)36)20-11-17(3)28(34)24(13-20)30(37)38/h4-14,32-33H,1-3H3,(H,35,36)(H,37,38). The van der Waals surface area contributed by atoms with E-state index in [2.05, 4.69) is 5.32 Å². The molecule has 0 bridgehead atoms. The Morgan fingerprint density at radius 1 is 0.816 bits per heavy atom. The van der Waals surface area contributed by atoms with Gasteiger partial charge in [0, 0.05) is 16.4 Å². The van der Waals surface area contributed by atoms with Gasteiger partial charge in [0.15, 0.2) is 5.78 Å². The summed E-state index contributed by atoms with van der Waals surface area (Å²) in [6.45, 7) is 5.06. The minimum absolute atomic E-state index is 0.237.